The highest BCUT2D eigenvalue weighted by atomic mass is 19.1. The number of hydrogen-bond donors (Lipinski definition) is 1. The number of carbonyl (C=O) groups excluding carboxylic acids is 3. The largest absolute Gasteiger partial charge is 0.334 e. The summed E-state index contributed by atoms with van der Waals surface area (Å²) in [4.78, 5) is 41.2. The van der Waals surface area contributed by atoms with E-state index in [2.05, 4.69) is 12.2 Å². The first-order valence-electron chi connectivity index (χ1n) is 10.1. The van der Waals surface area contributed by atoms with Crippen LogP contribution in [0.3, 0.4) is 0 Å². The first kappa shape index (κ1) is 18.9. The molecule has 1 N–H and O–H groups in total. The molecule has 0 aromatic heterocycles. The molecule has 0 radical (unpaired) electrons. The zero-order chi connectivity index (χ0) is 19.9. The average molecular weight is 387 g/mol. The molecule has 1 aliphatic heterocycles. The molecule has 7 heteroatoms. The molecule has 150 valence electrons. The predicted molar refractivity (Wildman–Crippen MR) is 101 cm³/mol. The van der Waals surface area contributed by atoms with E-state index >= 15 is 0 Å². The Hall–Kier alpha value is -2.44. The minimum Gasteiger partial charge on any atom is -0.334 e. The van der Waals surface area contributed by atoms with Crippen LogP contribution in [-0.2, 0) is 16.1 Å². The van der Waals surface area contributed by atoms with Gasteiger partial charge in [0, 0.05) is 12.6 Å². The predicted octanol–water partition coefficient (Wildman–Crippen LogP) is 2.82. The molecule has 6 nitrogen and oxygen atoms in total. The van der Waals surface area contributed by atoms with Crippen LogP contribution >= 0.6 is 0 Å². The maximum absolute atomic E-state index is 13.1. The lowest BCUT2D eigenvalue weighted by Crippen LogP contribution is -2.50. The second-order valence-corrected chi connectivity index (χ2v) is 8.47. The number of amides is 4. The van der Waals surface area contributed by atoms with E-state index in [4.69, 9.17) is 0 Å². The standard InChI is InChI=1S/C21H26FN3O3/c1-14-8-10-21(11-9-14)19(27)25(20(28)23-21)13-18(26)24(17-6-7-17)12-15-2-4-16(22)5-3-15/h2-5,14,17H,6-13H2,1H3,(H,23,28). The van der Waals surface area contributed by atoms with Crippen molar-refractivity contribution >= 4 is 17.8 Å². The summed E-state index contributed by atoms with van der Waals surface area (Å²) >= 11 is 0. The Kier molecular flexibility index (Phi) is 4.85. The maximum Gasteiger partial charge on any atom is 0.325 e. The molecule has 2 aliphatic carbocycles. The lowest BCUT2D eigenvalue weighted by molar-refractivity contribution is -0.140. The van der Waals surface area contributed by atoms with Gasteiger partial charge in [0.15, 0.2) is 0 Å². The Morgan fingerprint density at radius 3 is 2.43 bits per heavy atom. The molecule has 0 bridgehead atoms. The highest BCUT2D eigenvalue weighted by molar-refractivity contribution is 6.09. The first-order chi connectivity index (χ1) is 13.4. The molecule has 4 amide bonds. The number of hydrogen-bond acceptors (Lipinski definition) is 3. The van der Waals surface area contributed by atoms with Crippen molar-refractivity contribution in [3.8, 4) is 0 Å². The summed E-state index contributed by atoms with van der Waals surface area (Å²) in [6.07, 6.45) is 4.87. The molecule has 1 aromatic rings. The number of benzene rings is 1. The fourth-order valence-corrected chi connectivity index (χ4v) is 4.23. The number of nitrogens with one attached hydrogen (secondary N) is 1. The molecule has 3 fully saturated rings. The summed E-state index contributed by atoms with van der Waals surface area (Å²) in [5.74, 6) is -0.279. The fraction of sp³-hybridized carbons (Fsp3) is 0.571. The van der Waals surface area contributed by atoms with Gasteiger partial charge in [0.1, 0.15) is 17.9 Å². The van der Waals surface area contributed by atoms with Gasteiger partial charge < -0.3 is 10.2 Å². The summed E-state index contributed by atoms with van der Waals surface area (Å²) in [7, 11) is 0. The second kappa shape index (κ2) is 7.18. The van der Waals surface area contributed by atoms with Crippen molar-refractivity contribution in [2.45, 2.75) is 63.6 Å². The molecule has 28 heavy (non-hydrogen) atoms. The number of rotatable bonds is 5. The van der Waals surface area contributed by atoms with E-state index in [0.29, 0.717) is 25.3 Å². The molecule has 1 heterocycles. The molecule has 1 spiro atoms. The molecule has 1 saturated heterocycles. The first-order valence-corrected chi connectivity index (χ1v) is 10.1. The van der Waals surface area contributed by atoms with E-state index in [-0.39, 0.29) is 30.2 Å². The van der Waals surface area contributed by atoms with Crippen molar-refractivity contribution in [2.75, 3.05) is 6.54 Å². The third-order valence-electron chi connectivity index (χ3n) is 6.24. The summed E-state index contributed by atoms with van der Waals surface area (Å²) in [6.45, 7) is 2.27. The van der Waals surface area contributed by atoms with Gasteiger partial charge in [0.2, 0.25) is 5.91 Å². The van der Waals surface area contributed by atoms with Gasteiger partial charge in [-0.15, -0.1) is 0 Å². The number of halogens is 1. The zero-order valence-electron chi connectivity index (χ0n) is 16.1. The van der Waals surface area contributed by atoms with Gasteiger partial charge >= 0.3 is 6.03 Å². The Labute approximate surface area is 164 Å². The van der Waals surface area contributed by atoms with Crippen molar-refractivity contribution < 1.29 is 18.8 Å². The van der Waals surface area contributed by atoms with Gasteiger partial charge in [-0.1, -0.05) is 19.1 Å². The third kappa shape index (κ3) is 3.62. The zero-order valence-corrected chi connectivity index (χ0v) is 16.1. The lowest BCUT2D eigenvalue weighted by Gasteiger charge is -2.33. The Morgan fingerprint density at radius 1 is 1.18 bits per heavy atom. The van der Waals surface area contributed by atoms with Crippen molar-refractivity contribution in [1.29, 1.82) is 0 Å². The SMILES string of the molecule is CC1CCC2(CC1)NC(=O)N(CC(=O)N(Cc1ccc(F)cc1)C1CC1)C2=O. The summed E-state index contributed by atoms with van der Waals surface area (Å²) in [5.41, 5.74) is 0.00204. The quantitative estimate of drug-likeness (QED) is 0.790. The van der Waals surface area contributed by atoms with Gasteiger partial charge in [0.25, 0.3) is 5.91 Å². The van der Waals surface area contributed by atoms with Gasteiger partial charge in [-0.25, -0.2) is 9.18 Å². The highest BCUT2D eigenvalue weighted by Crippen LogP contribution is 2.36. The second-order valence-electron chi connectivity index (χ2n) is 8.47. The molecule has 0 unspecified atom stereocenters. The molecule has 4 rings (SSSR count). The minimum absolute atomic E-state index is 0.128. The number of carbonyl (C=O) groups is 3. The van der Waals surface area contributed by atoms with Crippen molar-refractivity contribution in [3.63, 3.8) is 0 Å². The van der Waals surface area contributed by atoms with Gasteiger partial charge in [-0.05, 0) is 62.1 Å². The molecule has 0 atom stereocenters. The fourth-order valence-electron chi connectivity index (χ4n) is 4.23. The van der Waals surface area contributed by atoms with E-state index in [9.17, 15) is 18.8 Å². The summed E-state index contributed by atoms with van der Waals surface area (Å²) < 4.78 is 13.1. The van der Waals surface area contributed by atoms with Crippen LogP contribution in [0.15, 0.2) is 24.3 Å². The van der Waals surface area contributed by atoms with Crippen molar-refractivity contribution in [2.24, 2.45) is 5.92 Å². The van der Waals surface area contributed by atoms with Crippen molar-refractivity contribution in [3.05, 3.63) is 35.6 Å². The molecule has 1 aromatic carbocycles. The van der Waals surface area contributed by atoms with Crippen molar-refractivity contribution in [1.82, 2.24) is 15.1 Å². The molecular formula is C21H26FN3O3. The smallest absolute Gasteiger partial charge is 0.325 e. The Bertz CT molecular complexity index is 783. The van der Waals surface area contributed by atoms with E-state index in [1.165, 1.54) is 12.1 Å². The van der Waals surface area contributed by atoms with Crippen LogP contribution in [0.5, 0.6) is 0 Å². The average Bonchev–Trinajstić information content (AvgIpc) is 3.48. The molecule has 2 saturated carbocycles. The molecular weight excluding hydrogens is 361 g/mol. The van der Waals surface area contributed by atoms with Crippen LogP contribution in [0.2, 0.25) is 0 Å². The number of imide groups is 1. The van der Waals surface area contributed by atoms with E-state index < -0.39 is 11.6 Å². The van der Waals surface area contributed by atoms with Gasteiger partial charge in [-0.3, -0.25) is 14.5 Å². The third-order valence-corrected chi connectivity index (χ3v) is 6.24. The summed E-state index contributed by atoms with van der Waals surface area (Å²) in [6, 6.07) is 5.72. The Balaban J connectivity index is 1.44. The summed E-state index contributed by atoms with van der Waals surface area (Å²) in [5, 5.41) is 2.86. The van der Waals surface area contributed by atoms with E-state index in [0.717, 1.165) is 36.1 Å². The van der Waals surface area contributed by atoms with Gasteiger partial charge in [-0.2, -0.15) is 0 Å². The van der Waals surface area contributed by atoms with Crippen LogP contribution < -0.4 is 5.32 Å². The van der Waals surface area contributed by atoms with Crippen LogP contribution in [0.4, 0.5) is 9.18 Å². The normalized spacial score (nSPS) is 27.2. The van der Waals surface area contributed by atoms with Crippen LogP contribution in [-0.4, -0.2) is 45.8 Å². The lowest BCUT2D eigenvalue weighted by atomic mass is 9.77. The minimum atomic E-state index is -0.828. The number of nitrogens with zero attached hydrogens (tertiary/aromatic N) is 2. The van der Waals surface area contributed by atoms with E-state index in [1.807, 2.05) is 0 Å². The molecule has 3 aliphatic rings. The van der Waals surface area contributed by atoms with E-state index in [1.54, 1.807) is 17.0 Å². The maximum atomic E-state index is 13.1. The highest BCUT2D eigenvalue weighted by Gasteiger charge is 2.52. The van der Waals surface area contributed by atoms with Crippen LogP contribution in [0.1, 0.15) is 51.0 Å². The topological polar surface area (TPSA) is 69.7 Å². The Morgan fingerprint density at radius 2 is 1.82 bits per heavy atom. The van der Waals surface area contributed by atoms with Crippen LogP contribution in [0.25, 0.3) is 0 Å². The van der Waals surface area contributed by atoms with Crippen LogP contribution in [0, 0.1) is 11.7 Å². The number of urea groups is 1. The van der Waals surface area contributed by atoms with Gasteiger partial charge in [0.05, 0.1) is 0 Å². The monoisotopic (exact) mass is 387 g/mol.